The quantitative estimate of drug-likeness (QED) is 0.258. The fourth-order valence-electron chi connectivity index (χ4n) is 3.49. The standard InChI is InChI=1S/C25H44O/c1-4-20-26-21-13-9-12-17-25-19-14-18-24(22-25)16-11-8-6-5-7-10-15-23(2)3/h14,18-19,22-23H,4-13,15-17,20-21H2,1-3H3. The van der Waals surface area contributed by atoms with Gasteiger partial charge in [0.2, 0.25) is 0 Å². The summed E-state index contributed by atoms with van der Waals surface area (Å²) in [7, 11) is 0. The van der Waals surface area contributed by atoms with Crippen molar-refractivity contribution in [3.8, 4) is 0 Å². The van der Waals surface area contributed by atoms with Gasteiger partial charge in [0.25, 0.3) is 0 Å². The van der Waals surface area contributed by atoms with Crippen LogP contribution in [-0.4, -0.2) is 13.2 Å². The van der Waals surface area contributed by atoms with Gasteiger partial charge >= 0.3 is 0 Å². The Balaban J connectivity index is 2.05. The molecule has 0 saturated heterocycles. The van der Waals surface area contributed by atoms with Crippen molar-refractivity contribution in [2.75, 3.05) is 13.2 Å². The van der Waals surface area contributed by atoms with E-state index in [4.69, 9.17) is 4.74 Å². The summed E-state index contributed by atoms with van der Waals surface area (Å²) >= 11 is 0. The van der Waals surface area contributed by atoms with Crippen LogP contribution in [0.2, 0.25) is 0 Å². The summed E-state index contributed by atoms with van der Waals surface area (Å²) in [6.45, 7) is 8.68. The van der Waals surface area contributed by atoms with Gasteiger partial charge in [-0.3, -0.25) is 0 Å². The van der Waals surface area contributed by atoms with Gasteiger partial charge in [0.1, 0.15) is 0 Å². The van der Waals surface area contributed by atoms with Gasteiger partial charge in [-0.05, 0) is 55.6 Å². The van der Waals surface area contributed by atoms with E-state index in [1.165, 1.54) is 88.2 Å². The highest BCUT2D eigenvalue weighted by Crippen LogP contribution is 2.15. The van der Waals surface area contributed by atoms with Gasteiger partial charge in [-0.25, -0.2) is 0 Å². The monoisotopic (exact) mass is 360 g/mol. The lowest BCUT2D eigenvalue weighted by Gasteiger charge is -2.07. The molecule has 0 atom stereocenters. The second-order valence-corrected chi connectivity index (χ2v) is 8.30. The van der Waals surface area contributed by atoms with Gasteiger partial charge in [0.05, 0.1) is 0 Å². The zero-order valence-corrected chi connectivity index (χ0v) is 17.9. The second-order valence-electron chi connectivity index (χ2n) is 8.30. The summed E-state index contributed by atoms with van der Waals surface area (Å²) in [6, 6.07) is 9.30. The molecule has 1 nitrogen and oxygen atoms in total. The minimum absolute atomic E-state index is 0.872. The second kappa shape index (κ2) is 16.4. The molecular weight excluding hydrogens is 316 g/mol. The highest BCUT2D eigenvalue weighted by Gasteiger charge is 1.99. The van der Waals surface area contributed by atoms with Crippen molar-refractivity contribution in [2.24, 2.45) is 5.92 Å². The molecule has 0 amide bonds. The number of unbranched alkanes of at least 4 members (excludes halogenated alkanes) is 7. The molecule has 1 heteroatoms. The number of ether oxygens (including phenoxy) is 1. The average Bonchev–Trinajstić information content (AvgIpc) is 2.63. The van der Waals surface area contributed by atoms with Crippen LogP contribution in [0.15, 0.2) is 24.3 Å². The number of aryl methyl sites for hydroxylation is 2. The number of hydrogen-bond acceptors (Lipinski definition) is 1. The SMILES string of the molecule is CCCOCCCCCc1cccc(CCCCCCCCC(C)C)c1. The Bertz CT molecular complexity index is 424. The summed E-state index contributed by atoms with van der Waals surface area (Å²) in [5.41, 5.74) is 3.05. The maximum atomic E-state index is 5.55. The summed E-state index contributed by atoms with van der Waals surface area (Å²) in [4.78, 5) is 0. The van der Waals surface area contributed by atoms with Crippen molar-refractivity contribution in [2.45, 2.75) is 104 Å². The topological polar surface area (TPSA) is 9.23 Å². The summed E-state index contributed by atoms with van der Waals surface area (Å²) in [5, 5.41) is 0. The Hall–Kier alpha value is -0.820. The lowest BCUT2D eigenvalue weighted by atomic mass is 10.00. The smallest absolute Gasteiger partial charge is 0.0466 e. The summed E-state index contributed by atoms with van der Waals surface area (Å²) < 4.78 is 5.55. The molecule has 0 saturated carbocycles. The molecule has 0 spiro atoms. The minimum Gasteiger partial charge on any atom is -0.381 e. The van der Waals surface area contributed by atoms with Crippen LogP contribution in [0.1, 0.15) is 103 Å². The Kier molecular flexibility index (Phi) is 14.6. The van der Waals surface area contributed by atoms with Gasteiger partial charge in [-0.15, -0.1) is 0 Å². The molecule has 0 aliphatic carbocycles. The molecule has 26 heavy (non-hydrogen) atoms. The summed E-state index contributed by atoms with van der Waals surface area (Å²) in [6.07, 6.45) is 17.2. The molecule has 0 aliphatic heterocycles. The zero-order chi connectivity index (χ0) is 18.9. The van der Waals surface area contributed by atoms with Crippen LogP contribution in [-0.2, 0) is 17.6 Å². The molecule has 1 aromatic rings. The van der Waals surface area contributed by atoms with Crippen molar-refractivity contribution >= 4 is 0 Å². The third kappa shape index (κ3) is 13.4. The van der Waals surface area contributed by atoms with E-state index in [0.29, 0.717) is 0 Å². The van der Waals surface area contributed by atoms with E-state index in [9.17, 15) is 0 Å². The van der Waals surface area contributed by atoms with Crippen LogP contribution in [0.4, 0.5) is 0 Å². The van der Waals surface area contributed by atoms with Crippen molar-refractivity contribution < 1.29 is 4.74 Å². The molecule has 0 bridgehead atoms. The van der Waals surface area contributed by atoms with Crippen LogP contribution in [0.25, 0.3) is 0 Å². The van der Waals surface area contributed by atoms with E-state index >= 15 is 0 Å². The minimum atomic E-state index is 0.872. The van der Waals surface area contributed by atoms with Crippen LogP contribution in [0.3, 0.4) is 0 Å². The van der Waals surface area contributed by atoms with Crippen molar-refractivity contribution in [3.05, 3.63) is 35.4 Å². The molecule has 1 rings (SSSR count). The van der Waals surface area contributed by atoms with Gasteiger partial charge in [0.15, 0.2) is 0 Å². The predicted molar refractivity (Wildman–Crippen MR) is 116 cm³/mol. The Labute approximate surface area is 163 Å². The first-order valence-corrected chi connectivity index (χ1v) is 11.4. The lowest BCUT2D eigenvalue weighted by molar-refractivity contribution is 0.130. The highest BCUT2D eigenvalue weighted by atomic mass is 16.5. The maximum Gasteiger partial charge on any atom is 0.0466 e. The first-order valence-electron chi connectivity index (χ1n) is 11.4. The first kappa shape index (κ1) is 23.2. The third-order valence-electron chi connectivity index (χ3n) is 5.09. The number of hydrogen-bond donors (Lipinski definition) is 0. The van der Waals surface area contributed by atoms with E-state index in [1.807, 2.05) is 0 Å². The van der Waals surface area contributed by atoms with E-state index < -0.39 is 0 Å². The van der Waals surface area contributed by atoms with Crippen LogP contribution >= 0.6 is 0 Å². The largest absolute Gasteiger partial charge is 0.381 e. The van der Waals surface area contributed by atoms with Crippen LogP contribution < -0.4 is 0 Å². The third-order valence-corrected chi connectivity index (χ3v) is 5.09. The first-order chi connectivity index (χ1) is 12.7. The molecular formula is C25H44O. The Morgan fingerprint density at radius 2 is 1.31 bits per heavy atom. The maximum absolute atomic E-state index is 5.55. The molecule has 0 aromatic heterocycles. The molecule has 0 aliphatic rings. The molecule has 0 fully saturated rings. The van der Waals surface area contributed by atoms with E-state index in [-0.39, 0.29) is 0 Å². The fourth-order valence-corrected chi connectivity index (χ4v) is 3.49. The highest BCUT2D eigenvalue weighted by molar-refractivity contribution is 5.23. The number of rotatable bonds is 17. The summed E-state index contributed by atoms with van der Waals surface area (Å²) in [5.74, 6) is 0.872. The van der Waals surface area contributed by atoms with Gasteiger partial charge < -0.3 is 4.74 Å². The van der Waals surface area contributed by atoms with E-state index in [2.05, 4.69) is 45.0 Å². The van der Waals surface area contributed by atoms with E-state index in [0.717, 1.165) is 25.6 Å². The number of benzene rings is 1. The molecule has 0 unspecified atom stereocenters. The van der Waals surface area contributed by atoms with Crippen molar-refractivity contribution in [1.29, 1.82) is 0 Å². The zero-order valence-electron chi connectivity index (χ0n) is 17.9. The predicted octanol–water partition coefficient (Wildman–Crippen LogP) is 7.76. The Morgan fingerprint density at radius 1 is 0.731 bits per heavy atom. The molecule has 0 N–H and O–H groups in total. The van der Waals surface area contributed by atoms with Crippen LogP contribution in [0, 0.1) is 5.92 Å². The van der Waals surface area contributed by atoms with Gasteiger partial charge in [-0.2, -0.15) is 0 Å². The van der Waals surface area contributed by atoms with Crippen LogP contribution in [0.5, 0.6) is 0 Å². The molecule has 1 aromatic carbocycles. The van der Waals surface area contributed by atoms with E-state index in [1.54, 1.807) is 0 Å². The Morgan fingerprint density at radius 3 is 1.92 bits per heavy atom. The van der Waals surface area contributed by atoms with Gasteiger partial charge in [-0.1, -0.05) is 90.0 Å². The van der Waals surface area contributed by atoms with Crippen molar-refractivity contribution in [3.63, 3.8) is 0 Å². The lowest BCUT2D eigenvalue weighted by Crippen LogP contribution is -1.96. The van der Waals surface area contributed by atoms with Crippen molar-refractivity contribution in [1.82, 2.24) is 0 Å². The fraction of sp³-hybridized carbons (Fsp3) is 0.760. The van der Waals surface area contributed by atoms with Gasteiger partial charge in [0, 0.05) is 13.2 Å². The molecule has 0 heterocycles. The normalized spacial score (nSPS) is 11.4. The molecule has 150 valence electrons. The average molecular weight is 361 g/mol. The molecule has 0 radical (unpaired) electrons.